The van der Waals surface area contributed by atoms with Crippen molar-refractivity contribution in [1.29, 1.82) is 0 Å². The SMILES string of the molecule is COc1cc2c(cc1OC)[C@H](CNC(=O)NC(C)C)[NH+](Cc1cccc(C)c1)CC2. The van der Waals surface area contributed by atoms with Crippen molar-refractivity contribution in [1.82, 2.24) is 10.6 Å². The molecule has 0 spiro atoms. The second-order valence-corrected chi connectivity index (χ2v) is 8.29. The maximum Gasteiger partial charge on any atom is 0.315 e. The number of quaternary nitrogens is 1. The fourth-order valence-electron chi connectivity index (χ4n) is 4.23. The van der Waals surface area contributed by atoms with Gasteiger partial charge in [-0.15, -0.1) is 0 Å². The molecule has 6 heteroatoms. The molecule has 1 heterocycles. The van der Waals surface area contributed by atoms with E-state index in [9.17, 15) is 4.79 Å². The van der Waals surface area contributed by atoms with E-state index >= 15 is 0 Å². The summed E-state index contributed by atoms with van der Waals surface area (Å²) < 4.78 is 11.1. The molecule has 3 rings (SSSR count). The van der Waals surface area contributed by atoms with E-state index < -0.39 is 0 Å². The van der Waals surface area contributed by atoms with E-state index in [1.807, 2.05) is 13.8 Å². The zero-order chi connectivity index (χ0) is 21.7. The summed E-state index contributed by atoms with van der Waals surface area (Å²) in [6.45, 7) is 8.50. The summed E-state index contributed by atoms with van der Waals surface area (Å²) in [5, 5.41) is 5.99. The number of fused-ring (bicyclic) bond motifs is 1. The molecular weight excluding hydrogens is 378 g/mol. The highest BCUT2D eigenvalue weighted by Crippen LogP contribution is 2.34. The molecule has 0 bridgehead atoms. The quantitative estimate of drug-likeness (QED) is 0.654. The number of ether oxygens (including phenoxy) is 2. The van der Waals surface area contributed by atoms with Crippen LogP contribution in [0.2, 0.25) is 0 Å². The number of carbonyl (C=O) groups excluding carboxylic acids is 1. The van der Waals surface area contributed by atoms with Gasteiger partial charge >= 0.3 is 6.03 Å². The van der Waals surface area contributed by atoms with E-state index in [0.29, 0.717) is 6.54 Å². The van der Waals surface area contributed by atoms with Crippen molar-refractivity contribution in [2.75, 3.05) is 27.3 Å². The molecule has 1 aliphatic rings. The minimum atomic E-state index is -0.132. The smallest absolute Gasteiger partial charge is 0.315 e. The van der Waals surface area contributed by atoms with Gasteiger partial charge in [-0.2, -0.15) is 0 Å². The Balaban J connectivity index is 1.89. The summed E-state index contributed by atoms with van der Waals surface area (Å²) >= 11 is 0. The van der Waals surface area contributed by atoms with Gasteiger partial charge in [0.15, 0.2) is 11.5 Å². The minimum absolute atomic E-state index is 0.101. The first-order valence-electron chi connectivity index (χ1n) is 10.6. The molecule has 0 radical (unpaired) electrons. The van der Waals surface area contributed by atoms with Crippen LogP contribution in [0, 0.1) is 6.92 Å². The molecule has 2 atom stereocenters. The van der Waals surface area contributed by atoms with Crippen LogP contribution in [0.25, 0.3) is 0 Å². The number of amides is 2. The number of rotatable bonds is 7. The van der Waals surface area contributed by atoms with Crippen molar-refractivity contribution in [2.24, 2.45) is 0 Å². The van der Waals surface area contributed by atoms with Crippen molar-refractivity contribution in [3.05, 3.63) is 58.7 Å². The van der Waals surface area contributed by atoms with Crippen LogP contribution in [0.4, 0.5) is 4.79 Å². The third-order valence-corrected chi connectivity index (χ3v) is 5.63. The zero-order valence-corrected chi connectivity index (χ0v) is 18.7. The highest BCUT2D eigenvalue weighted by Gasteiger charge is 2.33. The van der Waals surface area contributed by atoms with Crippen LogP contribution < -0.4 is 25.0 Å². The fraction of sp³-hybridized carbons (Fsp3) is 0.458. The summed E-state index contributed by atoms with van der Waals surface area (Å²) in [4.78, 5) is 13.7. The average molecular weight is 413 g/mol. The predicted molar refractivity (Wildman–Crippen MR) is 118 cm³/mol. The Morgan fingerprint density at radius 3 is 2.57 bits per heavy atom. The lowest BCUT2D eigenvalue weighted by molar-refractivity contribution is -0.945. The molecule has 0 fully saturated rings. The summed E-state index contributed by atoms with van der Waals surface area (Å²) in [6, 6.07) is 12.9. The number of hydrogen-bond acceptors (Lipinski definition) is 3. The first-order valence-corrected chi connectivity index (χ1v) is 10.6. The molecule has 3 N–H and O–H groups in total. The molecule has 2 aromatic rings. The van der Waals surface area contributed by atoms with Crippen LogP contribution in [0.3, 0.4) is 0 Å². The lowest BCUT2D eigenvalue weighted by Gasteiger charge is -2.35. The maximum absolute atomic E-state index is 12.3. The summed E-state index contributed by atoms with van der Waals surface area (Å²) in [6.07, 6.45) is 0.964. The maximum atomic E-state index is 12.3. The molecule has 2 aromatic carbocycles. The molecule has 162 valence electrons. The molecule has 30 heavy (non-hydrogen) atoms. The predicted octanol–water partition coefficient (Wildman–Crippen LogP) is 2.40. The van der Waals surface area contributed by atoms with Gasteiger partial charge in [0.25, 0.3) is 0 Å². The van der Waals surface area contributed by atoms with E-state index in [1.165, 1.54) is 27.2 Å². The molecule has 0 saturated carbocycles. The van der Waals surface area contributed by atoms with Gasteiger partial charge in [0.05, 0.1) is 27.3 Å². The van der Waals surface area contributed by atoms with Crippen LogP contribution in [0.1, 0.15) is 42.1 Å². The van der Waals surface area contributed by atoms with Crippen LogP contribution in [-0.4, -0.2) is 39.4 Å². The second kappa shape index (κ2) is 9.85. The number of benzene rings is 2. The Bertz CT molecular complexity index is 882. The highest BCUT2D eigenvalue weighted by molar-refractivity contribution is 5.74. The van der Waals surface area contributed by atoms with Crippen molar-refractivity contribution in [3.8, 4) is 11.5 Å². The number of aryl methyl sites for hydroxylation is 1. The van der Waals surface area contributed by atoms with Gasteiger partial charge in [-0.1, -0.05) is 29.8 Å². The van der Waals surface area contributed by atoms with Gasteiger partial charge in [-0.05, 0) is 38.5 Å². The first kappa shape index (κ1) is 22.0. The number of methoxy groups -OCH3 is 2. The largest absolute Gasteiger partial charge is 0.493 e. The van der Waals surface area contributed by atoms with E-state index in [4.69, 9.17) is 9.47 Å². The van der Waals surface area contributed by atoms with Crippen molar-refractivity contribution < 1.29 is 19.2 Å². The van der Waals surface area contributed by atoms with Crippen LogP contribution >= 0.6 is 0 Å². The number of nitrogens with one attached hydrogen (secondary N) is 3. The normalized spacial score (nSPS) is 17.9. The molecule has 0 aliphatic carbocycles. The fourth-order valence-corrected chi connectivity index (χ4v) is 4.23. The van der Waals surface area contributed by atoms with Gasteiger partial charge in [0, 0.05) is 23.6 Å². The lowest BCUT2D eigenvalue weighted by atomic mass is 9.91. The van der Waals surface area contributed by atoms with Gasteiger partial charge < -0.3 is 25.0 Å². The summed E-state index contributed by atoms with van der Waals surface area (Å²) in [5.41, 5.74) is 5.05. The Hall–Kier alpha value is -2.73. The van der Waals surface area contributed by atoms with Crippen molar-refractivity contribution >= 4 is 6.03 Å². The van der Waals surface area contributed by atoms with E-state index in [-0.39, 0.29) is 18.1 Å². The van der Waals surface area contributed by atoms with Gasteiger partial charge in [-0.25, -0.2) is 4.79 Å². The third kappa shape index (κ3) is 5.25. The third-order valence-electron chi connectivity index (χ3n) is 5.63. The zero-order valence-electron chi connectivity index (χ0n) is 18.7. The Morgan fingerprint density at radius 1 is 1.17 bits per heavy atom. The van der Waals surface area contributed by atoms with E-state index in [2.05, 4.69) is 54.0 Å². The van der Waals surface area contributed by atoms with E-state index in [1.54, 1.807) is 14.2 Å². The summed E-state index contributed by atoms with van der Waals surface area (Å²) in [5.74, 6) is 1.48. The molecule has 0 aromatic heterocycles. The van der Waals surface area contributed by atoms with Crippen LogP contribution in [0.15, 0.2) is 36.4 Å². The number of hydrogen-bond donors (Lipinski definition) is 3. The molecule has 0 saturated heterocycles. The van der Waals surface area contributed by atoms with Gasteiger partial charge in [0.1, 0.15) is 12.6 Å². The second-order valence-electron chi connectivity index (χ2n) is 8.29. The molecule has 2 amide bonds. The van der Waals surface area contributed by atoms with Crippen molar-refractivity contribution in [3.63, 3.8) is 0 Å². The van der Waals surface area contributed by atoms with Crippen molar-refractivity contribution in [2.45, 2.75) is 45.8 Å². The Morgan fingerprint density at radius 2 is 1.90 bits per heavy atom. The molecule has 1 aliphatic heterocycles. The Labute approximate surface area is 179 Å². The van der Waals surface area contributed by atoms with Crippen LogP contribution in [-0.2, 0) is 13.0 Å². The van der Waals surface area contributed by atoms with Gasteiger partial charge in [-0.3, -0.25) is 0 Å². The monoisotopic (exact) mass is 412 g/mol. The van der Waals surface area contributed by atoms with E-state index in [0.717, 1.165) is 31.0 Å². The first-order chi connectivity index (χ1) is 14.4. The minimum Gasteiger partial charge on any atom is -0.493 e. The van der Waals surface area contributed by atoms with Crippen LogP contribution in [0.5, 0.6) is 11.5 Å². The average Bonchev–Trinajstić information content (AvgIpc) is 2.71. The molecule has 6 nitrogen and oxygen atoms in total. The number of urea groups is 1. The standard InChI is InChI=1S/C24H33N3O3/c1-16(2)26-24(28)25-14-21-20-13-23(30-5)22(29-4)12-19(20)9-10-27(21)15-18-8-6-7-17(3)11-18/h6-8,11-13,16,21H,9-10,14-15H2,1-5H3,(H2,25,26,28)/p+1/t21-/m0/s1. The lowest BCUT2D eigenvalue weighted by Crippen LogP contribution is -3.12. The molecule has 1 unspecified atom stereocenters. The summed E-state index contributed by atoms with van der Waals surface area (Å²) in [7, 11) is 3.32. The van der Waals surface area contributed by atoms with Gasteiger partial charge in [0.2, 0.25) is 0 Å². The highest BCUT2D eigenvalue weighted by atomic mass is 16.5. The number of carbonyl (C=O) groups is 1. The topological polar surface area (TPSA) is 64.0 Å². The Kier molecular flexibility index (Phi) is 7.21. The molecular formula is C24H34N3O3+.